The number of hydrogen-bond acceptors (Lipinski definition) is 2. The largest absolute Gasteiger partial charge is 0.446 e. The number of benzene rings is 1. The number of hydrogen-bond donors (Lipinski definition) is 1. The van der Waals surface area contributed by atoms with E-state index in [1.165, 1.54) is 18.2 Å². The van der Waals surface area contributed by atoms with Gasteiger partial charge >= 0.3 is 5.51 Å². The molecule has 0 aliphatic heterocycles. The van der Waals surface area contributed by atoms with Gasteiger partial charge in [0.15, 0.2) is 0 Å². The quantitative estimate of drug-likeness (QED) is 0.671. The molecule has 7 heteroatoms. The molecule has 0 bridgehead atoms. The highest BCUT2D eigenvalue weighted by atomic mass is 35.5. The number of alkyl halides is 4. The van der Waals surface area contributed by atoms with Gasteiger partial charge in [0.1, 0.15) is 0 Å². The Hall–Kier alpha value is -0.880. The zero-order valence-corrected chi connectivity index (χ0v) is 10.1. The van der Waals surface area contributed by atoms with Gasteiger partial charge in [-0.3, -0.25) is 4.79 Å². The Morgan fingerprint density at radius 1 is 1.35 bits per heavy atom. The van der Waals surface area contributed by atoms with Crippen molar-refractivity contribution in [3.05, 3.63) is 24.3 Å². The molecular weight excluding hydrogens is 275 g/mol. The van der Waals surface area contributed by atoms with E-state index in [1.54, 1.807) is 6.07 Å². The van der Waals surface area contributed by atoms with Gasteiger partial charge in [0.25, 0.3) is 0 Å². The Labute approximate surface area is 106 Å². The highest BCUT2D eigenvalue weighted by Gasteiger charge is 2.30. The van der Waals surface area contributed by atoms with E-state index in [2.05, 4.69) is 5.32 Å². The van der Waals surface area contributed by atoms with Crippen LogP contribution in [0.2, 0.25) is 0 Å². The van der Waals surface area contributed by atoms with Gasteiger partial charge in [-0.05, 0) is 23.9 Å². The topological polar surface area (TPSA) is 29.1 Å². The highest BCUT2D eigenvalue weighted by Crippen LogP contribution is 2.40. The summed E-state index contributed by atoms with van der Waals surface area (Å²) in [5, 5.41) is 2.39. The van der Waals surface area contributed by atoms with Crippen molar-refractivity contribution in [2.75, 3.05) is 11.2 Å². The van der Waals surface area contributed by atoms with Gasteiger partial charge in [0.2, 0.25) is 5.91 Å². The zero-order valence-electron chi connectivity index (χ0n) is 8.55. The Balaban J connectivity index is 2.81. The molecule has 94 valence electrons. The lowest BCUT2D eigenvalue weighted by Crippen LogP contribution is -2.13. The maximum atomic E-state index is 12.2. The van der Waals surface area contributed by atoms with Crippen molar-refractivity contribution in [2.24, 2.45) is 0 Å². The van der Waals surface area contributed by atoms with Crippen LogP contribution >= 0.6 is 23.4 Å². The van der Waals surface area contributed by atoms with Gasteiger partial charge in [-0.1, -0.05) is 12.1 Å². The molecule has 2 nitrogen and oxygen atoms in total. The van der Waals surface area contributed by atoms with Crippen molar-refractivity contribution in [1.82, 2.24) is 0 Å². The highest BCUT2D eigenvalue weighted by molar-refractivity contribution is 8.00. The molecule has 0 spiro atoms. The maximum absolute atomic E-state index is 12.2. The van der Waals surface area contributed by atoms with E-state index < -0.39 is 11.4 Å². The molecule has 1 rings (SSSR count). The lowest BCUT2D eigenvalue weighted by atomic mass is 10.3. The maximum Gasteiger partial charge on any atom is 0.446 e. The Kier molecular flexibility index (Phi) is 5.14. The molecule has 0 radical (unpaired) electrons. The van der Waals surface area contributed by atoms with Crippen LogP contribution in [0.15, 0.2) is 29.2 Å². The van der Waals surface area contributed by atoms with Gasteiger partial charge in [0, 0.05) is 17.2 Å². The molecule has 1 N–H and O–H groups in total. The summed E-state index contributed by atoms with van der Waals surface area (Å²) < 4.78 is 36.7. The molecule has 1 amide bonds. The van der Waals surface area contributed by atoms with Crippen LogP contribution in [-0.2, 0) is 4.79 Å². The Morgan fingerprint density at radius 3 is 2.59 bits per heavy atom. The van der Waals surface area contributed by atoms with E-state index >= 15 is 0 Å². The van der Waals surface area contributed by atoms with E-state index in [-0.39, 0.29) is 34.6 Å². The molecule has 0 aromatic heterocycles. The summed E-state index contributed by atoms with van der Waals surface area (Å²) in [7, 11) is 0. The second-order valence-corrected chi connectivity index (χ2v) is 4.52. The Bertz CT molecular complexity index is 397. The van der Waals surface area contributed by atoms with Crippen molar-refractivity contribution < 1.29 is 18.0 Å². The number of nitrogens with one attached hydrogen (secondary N) is 1. The first kappa shape index (κ1) is 14.2. The first-order chi connectivity index (χ1) is 7.92. The zero-order chi connectivity index (χ0) is 12.9. The number of amides is 1. The van der Waals surface area contributed by atoms with Crippen molar-refractivity contribution in [1.29, 1.82) is 0 Å². The standard InChI is InChI=1S/C10H9ClF3NOS/c11-6-5-9(16)15-7-3-1-2-4-8(7)17-10(12,13)14/h1-4H,5-6H2,(H,15,16). The van der Waals surface area contributed by atoms with Crippen molar-refractivity contribution in [3.8, 4) is 0 Å². The summed E-state index contributed by atoms with van der Waals surface area (Å²) in [6, 6.07) is 5.75. The summed E-state index contributed by atoms with van der Waals surface area (Å²) in [6.45, 7) is 0. The van der Waals surface area contributed by atoms with Crippen molar-refractivity contribution in [2.45, 2.75) is 16.8 Å². The molecule has 0 heterocycles. The summed E-state index contributed by atoms with van der Waals surface area (Å²) in [4.78, 5) is 11.2. The number of para-hydroxylation sites is 1. The third kappa shape index (κ3) is 5.32. The van der Waals surface area contributed by atoms with E-state index in [4.69, 9.17) is 11.6 Å². The van der Waals surface area contributed by atoms with Gasteiger partial charge < -0.3 is 5.32 Å². The monoisotopic (exact) mass is 283 g/mol. The van der Waals surface area contributed by atoms with E-state index in [9.17, 15) is 18.0 Å². The minimum absolute atomic E-state index is 0.0390. The Morgan fingerprint density at radius 2 is 2.00 bits per heavy atom. The van der Waals surface area contributed by atoms with Gasteiger partial charge in [-0.15, -0.1) is 11.6 Å². The summed E-state index contributed by atoms with van der Waals surface area (Å²) in [5.74, 6) is -0.282. The molecule has 17 heavy (non-hydrogen) atoms. The minimum Gasteiger partial charge on any atom is -0.325 e. The van der Waals surface area contributed by atoms with Crippen LogP contribution in [0.5, 0.6) is 0 Å². The first-order valence-electron chi connectivity index (χ1n) is 4.63. The van der Waals surface area contributed by atoms with Crippen LogP contribution < -0.4 is 5.32 Å². The van der Waals surface area contributed by atoms with Crippen molar-refractivity contribution >= 4 is 35.0 Å². The molecule has 1 aromatic rings. The minimum atomic E-state index is -4.38. The van der Waals surface area contributed by atoms with Gasteiger partial charge in [0.05, 0.1) is 5.69 Å². The van der Waals surface area contributed by atoms with Crippen LogP contribution in [0, 0.1) is 0 Å². The van der Waals surface area contributed by atoms with Crippen LogP contribution in [0.1, 0.15) is 6.42 Å². The van der Waals surface area contributed by atoms with Crippen LogP contribution in [0.3, 0.4) is 0 Å². The number of carbonyl (C=O) groups excluding carboxylic acids is 1. The number of anilines is 1. The second kappa shape index (κ2) is 6.16. The fourth-order valence-corrected chi connectivity index (χ4v) is 1.88. The number of halogens is 4. The molecule has 0 saturated carbocycles. The third-order valence-electron chi connectivity index (χ3n) is 1.71. The molecule has 0 atom stereocenters. The molecular formula is C10H9ClF3NOS. The lowest BCUT2D eigenvalue weighted by molar-refractivity contribution is -0.115. The summed E-state index contributed by atoms with van der Waals surface area (Å²) in [6.07, 6.45) is 0.0621. The molecule has 0 saturated heterocycles. The van der Waals surface area contributed by atoms with Gasteiger partial charge in [-0.2, -0.15) is 13.2 Å². The van der Waals surface area contributed by atoms with Gasteiger partial charge in [-0.25, -0.2) is 0 Å². The molecule has 0 fully saturated rings. The summed E-state index contributed by atoms with van der Waals surface area (Å²) in [5.41, 5.74) is -4.24. The van der Waals surface area contributed by atoms with Crippen LogP contribution in [0.25, 0.3) is 0 Å². The third-order valence-corrected chi connectivity index (χ3v) is 2.70. The molecule has 0 aliphatic rings. The molecule has 0 aliphatic carbocycles. The van der Waals surface area contributed by atoms with E-state index in [0.717, 1.165) is 0 Å². The average Bonchev–Trinajstić information content (AvgIpc) is 2.19. The average molecular weight is 284 g/mol. The van der Waals surface area contributed by atoms with Crippen LogP contribution in [-0.4, -0.2) is 17.3 Å². The number of thioether (sulfide) groups is 1. The number of rotatable bonds is 4. The second-order valence-electron chi connectivity index (χ2n) is 3.03. The van der Waals surface area contributed by atoms with Crippen LogP contribution in [0.4, 0.5) is 18.9 Å². The first-order valence-corrected chi connectivity index (χ1v) is 5.98. The fraction of sp³-hybridized carbons (Fsp3) is 0.300. The number of carbonyl (C=O) groups is 1. The molecule has 0 unspecified atom stereocenters. The smallest absolute Gasteiger partial charge is 0.325 e. The summed E-state index contributed by atoms with van der Waals surface area (Å²) >= 11 is 5.10. The predicted molar refractivity (Wildman–Crippen MR) is 62.3 cm³/mol. The van der Waals surface area contributed by atoms with Crippen molar-refractivity contribution in [3.63, 3.8) is 0 Å². The normalized spacial score (nSPS) is 11.3. The molecule has 1 aromatic carbocycles. The lowest BCUT2D eigenvalue weighted by Gasteiger charge is -2.11. The SMILES string of the molecule is O=C(CCCl)Nc1ccccc1SC(F)(F)F. The van der Waals surface area contributed by atoms with E-state index in [1.807, 2.05) is 0 Å². The predicted octanol–water partition coefficient (Wildman–Crippen LogP) is 3.87. The fourth-order valence-electron chi connectivity index (χ4n) is 1.08. The van der Waals surface area contributed by atoms with E-state index in [0.29, 0.717) is 0 Å².